The third-order valence-electron chi connectivity index (χ3n) is 2.27. The monoisotopic (exact) mass is 332 g/mol. The van der Waals surface area contributed by atoms with E-state index in [1.807, 2.05) is 37.5 Å². The van der Waals surface area contributed by atoms with Crippen LogP contribution in [0.2, 0.25) is 5.02 Å². The fourth-order valence-electron chi connectivity index (χ4n) is 1.42. The first-order valence-electron chi connectivity index (χ1n) is 4.58. The number of hydrogen-bond donors (Lipinski definition) is 0. The van der Waals surface area contributed by atoms with E-state index in [0.29, 0.717) is 0 Å². The van der Waals surface area contributed by atoms with E-state index in [0.717, 1.165) is 17.4 Å². The van der Waals surface area contributed by atoms with Crippen LogP contribution in [0.4, 0.5) is 0 Å². The molecule has 4 heteroatoms. The van der Waals surface area contributed by atoms with Gasteiger partial charge in [0.1, 0.15) is 5.82 Å². The predicted molar refractivity (Wildman–Crippen MR) is 70.2 cm³/mol. The maximum absolute atomic E-state index is 5.97. The molecule has 0 saturated heterocycles. The Bertz CT molecular complexity index is 479. The van der Waals surface area contributed by atoms with Crippen LogP contribution in [-0.2, 0) is 6.54 Å². The molecule has 0 bridgehead atoms. The SMILES string of the molecule is Cc1nccn1Cc1cc(Cl)ccc1I. The molecule has 0 saturated carbocycles. The second-order valence-electron chi connectivity index (χ2n) is 3.34. The van der Waals surface area contributed by atoms with Crippen molar-refractivity contribution in [3.8, 4) is 0 Å². The summed E-state index contributed by atoms with van der Waals surface area (Å²) in [7, 11) is 0. The number of aromatic nitrogens is 2. The largest absolute Gasteiger partial charge is 0.331 e. The average Bonchev–Trinajstić information content (AvgIpc) is 2.58. The first-order chi connectivity index (χ1) is 7.16. The summed E-state index contributed by atoms with van der Waals surface area (Å²) < 4.78 is 3.33. The van der Waals surface area contributed by atoms with Gasteiger partial charge in [-0.2, -0.15) is 0 Å². The Labute approximate surface area is 107 Å². The zero-order chi connectivity index (χ0) is 10.8. The fraction of sp³-hybridized carbons (Fsp3) is 0.182. The highest BCUT2D eigenvalue weighted by atomic mass is 127. The minimum Gasteiger partial charge on any atom is -0.331 e. The van der Waals surface area contributed by atoms with E-state index >= 15 is 0 Å². The first kappa shape index (κ1) is 11.0. The van der Waals surface area contributed by atoms with Gasteiger partial charge >= 0.3 is 0 Å². The van der Waals surface area contributed by atoms with Crippen LogP contribution in [0, 0.1) is 10.5 Å². The van der Waals surface area contributed by atoms with Gasteiger partial charge in [0, 0.05) is 27.5 Å². The number of aryl methyl sites for hydroxylation is 1. The Kier molecular flexibility index (Phi) is 3.31. The number of benzene rings is 1. The van der Waals surface area contributed by atoms with E-state index in [1.54, 1.807) is 0 Å². The number of rotatable bonds is 2. The minimum absolute atomic E-state index is 0.781. The van der Waals surface area contributed by atoms with Crippen LogP contribution >= 0.6 is 34.2 Å². The van der Waals surface area contributed by atoms with Gasteiger partial charge in [-0.3, -0.25) is 0 Å². The van der Waals surface area contributed by atoms with Crippen molar-refractivity contribution in [2.75, 3.05) is 0 Å². The molecule has 78 valence electrons. The van der Waals surface area contributed by atoms with Crippen molar-refractivity contribution >= 4 is 34.2 Å². The Balaban J connectivity index is 2.32. The first-order valence-corrected chi connectivity index (χ1v) is 6.04. The number of nitrogens with zero attached hydrogens (tertiary/aromatic N) is 2. The molecular weight excluding hydrogens is 322 g/mol. The van der Waals surface area contributed by atoms with Gasteiger partial charge < -0.3 is 4.57 Å². The normalized spacial score (nSPS) is 10.6. The highest BCUT2D eigenvalue weighted by Crippen LogP contribution is 2.19. The van der Waals surface area contributed by atoms with E-state index in [1.165, 1.54) is 9.13 Å². The maximum atomic E-state index is 5.97. The lowest BCUT2D eigenvalue weighted by atomic mass is 10.2. The van der Waals surface area contributed by atoms with E-state index < -0.39 is 0 Å². The van der Waals surface area contributed by atoms with E-state index in [9.17, 15) is 0 Å². The molecule has 2 nitrogen and oxygen atoms in total. The summed E-state index contributed by atoms with van der Waals surface area (Å²) in [5, 5.41) is 0.781. The number of halogens is 2. The third kappa shape index (κ3) is 2.52. The number of hydrogen-bond acceptors (Lipinski definition) is 1. The van der Waals surface area contributed by atoms with Gasteiger partial charge in [-0.25, -0.2) is 4.98 Å². The molecule has 1 heterocycles. The molecule has 0 atom stereocenters. The zero-order valence-electron chi connectivity index (χ0n) is 8.24. The van der Waals surface area contributed by atoms with Crippen LogP contribution in [0.1, 0.15) is 11.4 Å². The Morgan fingerprint density at radius 1 is 1.47 bits per heavy atom. The second-order valence-corrected chi connectivity index (χ2v) is 4.94. The van der Waals surface area contributed by atoms with Crippen molar-refractivity contribution in [1.82, 2.24) is 9.55 Å². The highest BCUT2D eigenvalue weighted by molar-refractivity contribution is 14.1. The summed E-state index contributed by atoms with van der Waals surface area (Å²) in [4.78, 5) is 4.19. The summed E-state index contributed by atoms with van der Waals surface area (Å²) in [6.07, 6.45) is 3.79. The quantitative estimate of drug-likeness (QED) is 0.770. The van der Waals surface area contributed by atoms with Crippen LogP contribution < -0.4 is 0 Å². The second kappa shape index (κ2) is 4.53. The fourth-order valence-corrected chi connectivity index (χ4v) is 2.12. The van der Waals surface area contributed by atoms with Crippen molar-refractivity contribution in [2.45, 2.75) is 13.5 Å². The zero-order valence-corrected chi connectivity index (χ0v) is 11.2. The molecule has 0 spiro atoms. The summed E-state index contributed by atoms with van der Waals surface area (Å²) >= 11 is 8.29. The van der Waals surface area contributed by atoms with Crippen molar-refractivity contribution in [3.63, 3.8) is 0 Å². The smallest absolute Gasteiger partial charge is 0.105 e. The van der Waals surface area contributed by atoms with E-state index in [4.69, 9.17) is 11.6 Å². The van der Waals surface area contributed by atoms with Gasteiger partial charge in [-0.05, 0) is 53.3 Å². The molecule has 1 aromatic heterocycles. The molecule has 0 amide bonds. The third-order valence-corrected chi connectivity index (χ3v) is 3.56. The van der Waals surface area contributed by atoms with E-state index in [-0.39, 0.29) is 0 Å². The summed E-state index contributed by atoms with van der Waals surface area (Å²) in [6.45, 7) is 2.82. The van der Waals surface area contributed by atoms with Crippen molar-refractivity contribution in [1.29, 1.82) is 0 Å². The molecule has 2 aromatic rings. The summed E-state index contributed by atoms with van der Waals surface area (Å²) in [5.41, 5.74) is 1.23. The van der Waals surface area contributed by atoms with Crippen molar-refractivity contribution in [3.05, 3.63) is 50.6 Å². The van der Waals surface area contributed by atoms with Crippen LogP contribution in [0.5, 0.6) is 0 Å². The van der Waals surface area contributed by atoms with Crippen LogP contribution in [0.3, 0.4) is 0 Å². The van der Waals surface area contributed by atoms with Gasteiger partial charge in [-0.1, -0.05) is 11.6 Å². The molecule has 0 aliphatic carbocycles. The Morgan fingerprint density at radius 2 is 2.27 bits per heavy atom. The van der Waals surface area contributed by atoms with Crippen molar-refractivity contribution in [2.24, 2.45) is 0 Å². The van der Waals surface area contributed by atoms with Crippen LogP contribution in [0.15, 0.2) is 30.6 Å². The predicted octanol–water partition coefficient (Wildman–Crippen LogP) is 3.50. The molecule has 0 unspecified atom stereocenters. The van der Waals surface area contributed by atoms with Gasteiger partial charge in [0.15, 0.2) is 0 Å². The van der Waals surface area contributed by atoms with Crippen LogP contribution in [0.25, 0.3) is 0 Å². The lowest BCUT2D eigenvalue weighted by Gasteiger charge is -2.07. The molecular formula is C11H10ClIN2. The summed E-state index contributed by atoms with van der Waals surface area (Å²) in [5.74, 6) is 1.02. The molecule has 0 N–H and O–H groups in total. The number of imidazole rings is 1. The van der Waals surface area contributed by atoms with Crippen molar-refractivity contribution < 1.29 is 0 Å². The molecule has 15 heavy (non-hydrogen) atoms. The molecule has 0 aliphatic rings. The Morgan fingerprint density at radius 3 is 2.93 bits per heavy atom. The standard InChI is InChI=1S/C11H10ClIN2/c1-8-14-4-5-15(8)7-9-6-10(12)2-3-11(9)13/h2-6H,7H2,1H3. The molecule has 0 radical (unpaired) electrons. The van der Waals surface area contributed by atoms with Crippen LogP contribution in [-0.4, -0.2) is 9.55 Å². The highest BCUT2D eigenvalue weighted by Gasteiger charge is 2.03. The average molecular weight is 333 g/mol. The topological polar surface area (TPSA) is 17.8 Å². The van der Waals surface area contributed by atoms with E-state index in [2.05, 4.69) is 32.1 Å². The lowest BCUT2D eigenvalue weighted by molar-refractivity contribution is 0.759. The van der Waals surface area contributed by atoms with Gasteiger partial charge in [0.2, 0.25) is 0 Å². The minimum atomic E-state index is 0.781. The summed E-state index contributed by atoms with van der Waals surface area (Å²) in [6, 6.07) is 5.95. The van der Waals surface area contributed by atoms with Gasteiger partial charge in [0.25, 0.3) is 0 Å². The van der Waals surface area contributed by atoms with Gasteiger partial charge in [-0.15, -0.1) is 0 Å². The molecule has 1 aromatic carbocycles. The van der Waals surface area contributed by atoms with Gasteiger partial charge in [0.05, 0.1) is 0 Å². The maximum Gasteiger partial charge on any atom is 0.105 e. The Hall–Kier alpha value is -0.550. The molecule has 0 aliphatic heterocycles. The molecule has 0 fully saturated rings. The lowest BCUT2D eigenvalue weighted by Crippen LogP contribution is -2.02. The molecule has 2 rings (SSSR count).